The molecule has 0 aliphatic carbocycles. The number of nitrogens with one attached hydrogen (secondary N) is 1. The first kappa shape index (κ1) is 15.6. The Morgan fingerprint density at radius 2 is 1.82 bits per heavy atom. The minimum absolute atomic E-state index is 0.297. The largest absolute Gasteiger partial charge is 0.495 e. The lowest BCUT2D eigenvalue weighted by atomic mass is 10.2. The Kier molecular flexibility index (Phi) is 5.54. The van der Waals surface area contributed by atoms with Gasteiger partial charge in [0.2, 0.25) is 6.10 Å². The van der Waals surface area contributed by atoms with Gasteiger partial charge in [0.25, 0.3) is 5.91 Å². The fourth-order valence-electron chi connectivity index (χ4n) is 1.75. The molecule has 0 unspecified atom stereocenters. The van der Waals surface area contributed by atoms with Crippen molar-refractivity contribution in [1.82, 2.24) is 0 Å². The number of methoxy groups -OCH3 is 1. The van der Waals surface area contributed by atoms with Crippen molar-refractivity contribution >= 4 is 17.8 Å². The summed E-state index contributed by atoms with van der Waals surface area (Å²) in [5.74, 6) is 0.297. The van der Waals surface area contributed by atoms with Gasteiger partial charge in [0.15, 0.2) is 0 Å². The van der Waals surface area contributed by atoms with Crippen LogP contribution >= 0.6 is 0 Å². The van der Waals surface area contributed by atoms with Crippen molar-refractivity contribution in [1.29, 1.82) is 0 Å². The van der Waals surface area contributed by atoms with Crippen molar-refractivity contribution in [2.75, 3.05) is 12.4 Å². The molecule has 1 N–H and O–H groups in total. The minimum atomic E-state index is -0.718. The molecule has 0 bridgehead atoms. The SMILES string of the molecule is COc1ccccc1NC(=O)[C@H](C)O/N=C\c1ccccc1. The summed E-state index contributed by atoms with van der Waals surface area (Å²) in [6, 6.07) is 16.7. The molecule has 0 aromatic heterocycles. The molecule has 0 aliphatic rings. The number of nitrogens with zero attached hydrogens (tertiary/aromatic N) is 1. The maximum Gasteiger partial charge on any atom is 0.268 e. The van der Waals surface area contributed by atoms with E-state index in [0.717, 1.165) is 5.56 Å². The van der Waals surface area contributed by atoms with Crippen LogP contribution in [0.4, 0.5) is 5.69 Å². The van der Waals surface area contributed by atoms with Crippen LogP contribution in [-0.2, 0) is 9.63 Å². The average molecular weight is 298 g/mol. The van der Waals surface area contributed by atoms with Crippen LogP contribution in [0.15, 0.2) is 59.8 Å². The van der Waals surface area contributed by atoms with Crippen LogP contribution in [0.25, 0.3) is 0 Å². The quantitative estimate of drug-likeness (QED) is 0.658. The fraction of sp³-hybridized carbons (Fsp3) is 0.176. The molecule has 0 radical (unpaired) electrons. The number of para-hydroxylation sites is 2. The predicted octanol–water partition coefficient (Wildman–Crippen LogP) is 3.07. The van der Waals surface area contributed by atoms with E-state index in [-0.39, 0.29) is 5.91 Å². The van der Waals surface area contributed by atoms with E-state index in [4.69, 9.17) is 9.57 Å². The molecule has 114 valence electrons. The van der Waals surface area contributed by atoms with Gasteiger partial charge in [-0.15, -0.1) is 0 Å². The molecule has 1 amide bonds. The molecule has 1 atom stereocenters. The number of oxime groups is 1. The van der Waals surface area contributed by atoms with Gasteiger partial charge in [0.05, 0.1) is 19.0 Å². The fourth-order valence-corrected chi connectivity index (χ4v) is 1.75. The second-order valence-corrected chi connectivity index (χ2v) is 4.58. The van der Waals surface area contributed by atoms with Gasteiger partial charge in [-0.2, -0.15) is 0 Å². The van der Waals surface area contributed by atoms with Gasteiger partial charge in [0.1, 0.15) is 5.75 Å². The molecule has 0 aliphatic heterocycles. The van der Waals surface area contributed by atoms with E-state index >= 15 is 0 Å². The van der Waals surface area contributed by atoms with Gasteiger partial charge in [-0.3, -0.25) is 4.79 Å². The monoisotopic (exact) mass is 298 g/mol. The summed E-state index contributed by atoms with van der Waals surface area (Å²) in [6.07, 6.45) is 0.845. The first-order chi connectivity index (χ1) is 10.7. The molecule has 2 aromatic rings. The van der Waals surface area contributed by atoms with Crippen LogP contribution in [0.1, 0.15) is 12.5 Å². The van der Waals surface area contributed by atoms with E-state index in [1.54, 1.807) is 32.4 Å². The van der Waals surface area contributed by atoms with Crippen LogP contribution in [0.2, 0.25) is 0 Å². The zero-order valence-electron chi connectivity index (χ0n) is 12.5. The van der Waals surface area contributed by atoms with E-state index in [9.17, 15) is 4.79 Å². The molecule has 2 aromatic carbocycles. The smallest absolute Gasteiger partial charge is 0.268 e. The molecular formula is C17H18N2O3. The van der Waals surface area contributed by atoms with Gasteiger partial charge in [-0.25, -0.2) is 0 Å². The van der Waals surface area contributed by atoms with Gasteiger partial charge < -0.3 is 14.9 Å². The number of rotatable bonds is 6. The van der Waals surface area contributed by atoms with Crippen LogP contribution < -0.4 is 10.1 Å². The Balaban J connectivity index is 1.91. The topological polar surface area (TPSA) is 59.9 Å². The summed E-state index contributed by atoms with van der Waals surface area (Å²) in [7, 11) is 1.55. The number of benzene rings is 2. The van der Waals surface area contributed by atoms with Gasteiger partial charge >= 0.3 is 0 Å². The zero-order chi connectivity index (χ0) is 15.8. The van der Waals surface area contributed by atoms with Crippen molar-refractivity contribution < 1.29 is 14.4 Å². The van der Waals surface area contributed by atoms with E-state index in [1.165, 1.54) is 0 Å². The molecule has 0 fully saturated rings. The highest BCUT2D eigenvalue weighted by Gasteiger charge is 2.15. The Morgan fingerprint density at radius 1 is 1.14 bits per heavy atom. The first-order valence-electron chi connectivity index (χ1n) is 6.89. The van der Waals surface area contributed by atoms with Crippen molar-refractivity contribution in [3.8, 4) is 5.75 Å². The Bertz CT molecular complexity index is 641. The maximum absolute atomic E-state index is 12.1. The molecule has 22 heavy (non-hydrogen) atoms. The van der Waals surface area contributed by atoms with E-state index in [1.807, 2.05) is 42.5 Å². The molecule has 5 heteroatoms. The first-order valence-corrected chi connectivity index (χ1v) is 6.89. The Morgan fingerprint density at radius 3 is 2.55 bits per heavy atom. The highest BCUT2D eigenvalue weighted by atomic mass is 16.6. The molecule has 0 heterocycles. The summed E-state index contributed by atoms with van der Waals surface area (Å²) in [5, 5.41) is 6.58. The lowest BCUT2D eigenvalue weighted by molar-refractivity contribution is -0.126. The molecule has 0 spiro atoms. The molecular weight excluding hydrogens is 280 g/mol. The minimum Gasteiger partial charge on any atom is -0.495 e. The second-order valence-electron chi connectivity index (χ2n) is 4.58. The number of carbonyl (C=O) groups is 1. The summed E-state index contributed by atoms with van der Waals surface area (Å²) >= 11 is 0. The summed E-state index contributed by atoms with van der Waals surface area (Å²) in [5.41, 5.74) is 1.50. The normalized spacial score (nSPS) is 11.9. The number of hydrogen-bond donors (Lipinski definition) is 1. The van der Waals surface area contributed by atoms with Crippen molar-refractivity contribution in [2.45, 2.75) is 13.0 Å². The van der Waals surface area contributed by atoms with Gasteiger partial charge in [0, 0.05) is 0 Å². The van der Waals surface area contributed by atoms with Crippen molar-refractivity contribution in [2.24, 2.45) is 5.16 Å². The van der Waals surface area contributed by atoms with Crippen LogP contribution in [0.3, 0.4) is 0 Å². The number of amides is 1. The van der Waals surface area contributed by atoms with Crippen LogP contribution in [-0.4, -0.2) is 25.3 Å². The van der Waals surface area contributed by atoms with Gasteiger partial charge in [-0.05, 0) is 24.6 Å². The lowest BCUT2D eigenvalue weighted by Gasteiger charge is -2.12. The second kappa shape index (κ2) is 7.83. The summed E-state index contributed by atoms with van der Waals surface area (Å²) in [6.45, 7) is 1.63. The highest BCUT2D eigenvalue weighted by Crippen LogP contribution is 2.23. The Hall–Kier alpha value is -2.82. The third-order valence-electron chi connectivity index (χ3n) is 2.95. The number of hydrogen-bond acceptors (Lipinski definition) is 4. The zero-order valence-corrected chi connectivity index (χ0v) is 12.5. The number of carbonyl (C=O) groups excluding carboxylic acids is 1. The van der Waals surface area contributed by atoms with Gasteiger partial charge in [-0.1, -0.05) is 47.6 Å². The average Bonchev–Trinajstić information content (AvgIpc) is 2.56. The molecule has 5 nitrogen and oxygen atoms in total. The molecule has 0 saturated heterocycles. The Labute approximate surface area is 129 Å². The van der Waals surface area contributed by atoms with E-state index < -0.39 is 6.10 Å². The highest BCUT2D eigenvalue weighted by molar-refractivity contribution is 5.95. The maximum atomic E-state index is 12.1. The molecule has 2 rings (SSSR count). The predicted molar refractivity (Wildman–Crippen MR) is 86.2 cm³/mol. The van der Waals surface area contributed by atoms with E-state index in [2.05, 4.69) is 10.5 Å². The molecule has 0 saturated carbocycles. The summed E-state index contributed by atoms with van der Waals surface area (Å²) in [4.78, 5) is 17.2. The van der Waals surface area contributed by atoms with Crippen molar-refractivity contribution in [3.05, 3.63) is 60.2 Å². The van der Waals surface area contributed by atoms with Crippen molar-refractivity contribution in [3.63, 3.8) is 0 Å². The third-order valence-corrected chi connectivity index (χ3v) is 2.95. The van der Waals surface area contributed by atoms with Crippen LogP contribution in [0.5, 0.6) is 5.75 Å². The van der Waals surface area contributed by atoms with Crippen LogP contribution in [0, 0.1) is 0 Å². The summed E-state index contributed by atoms with van der Waals surface area (Å²) < 4.78 is 5.18. The number of anilines is 1. The lowest BCUT2D eigenvalue weighted by Crippen LogP contribution is -2.26. The standard InChI is InChI=1S/C17H18N2O3/c1-13(22-18-12-14-8-4-3-5-9-14)17(20)19-15-10-6-7-11-16(15)21-2/h3-13H,1-2H3,(H,19,20)/b18-12-/t13-/m0/s1. The third kappa shape index (κ3) is 4.34. The number of ether oxygens (including phenoxy) is 1. The van der Waals surface area contributed by atoms with E-state index in [0.29, 0.717) is 11.4 Å².